The second kappa shape index (κ2) is 2.28. The van der Waals surface area contributed by atoms with Gasteiger partial charge in [0, 0.05) is 6.07 Å². The molecule has 2 rings (SSSR count). The minimum absolute atomic E-state index is 0.234. The third kappa shape index (κ3) is 0.964. The SMILES string of the molecule is Cc1nn2c(=O)cc(N)nc2s1. The Kier molecular flexibility index (Phi) is 1.37. The van der Waals surface area contributed by atoms with Gasteiger partial charge in [-0.3, -0.25) is 4.79 Å². The highest BCUT2D eigenvalue weighted by atomic mass is 32.1. The van der Waals surface area contributed by atoms with Crippen LogP contribution in [0.2, 0.25) is 0 Å². The number of anilines is 1. The molecule has 0 atom stereocenters. The number of hydrogen-bond donors (Lipinski definition) is 1. The number of nitrogens with zero attached hydrogens (tertiary/aromatic N) is 3. The van der Waals surface area contributed by atoms with E-state index in [9.17, 15) is 4.79 Å². The Bertz CT molecular complexity index is 486. The maximum Gasteiger partial charge on any atom is 0.277 e. The van der Waals surface area contributed by atoms with Crippen molar-refractivity contribution in [1.82, 2.24) is 14.6 Å². The van der Waals surface area contributed by atoms with E-state index in [1.54, 1.807) is 0 Å². The van der Waals surface area contributed by atoms with Gasteiger partial charge in [-0.05, 0) is 6.92 Å². The van der Waals surface area contributed by atoms with Crippen molar-refractivity contribution in [2.45, 2.75) is 6.92 Å². The molecule has 0 aliphatic carbocycles. The summed E-state index contributed by atoms with van der Waals surface area (Å²) < 4.78 is 1.25. The molecule has 0 saturated carbocycles. The zero-order valence-corrected chi connectivity index (χ0v) is 7.13. The maximum absolute atomic E-state index is 11.2. The molecule has 2 heterocycles. The molecule has 0 spiro atoms. The molecule has 0 radical (unpaired) electrons. The van der Waals surface area contributed by atoms with Crippen LogP contribution >= 0.6 is 11.3 Å². The van der Waals surface area contributed by atoms with Crippen molar-refractivity contribution in [3.05, 3.63) is 21.4 Å². The average Bonchev–Trinajstić information content (AvgIpc) is 2.29. The summed E-state index contributed by atoms with van der Waals surface area (Å²) in [6.45, 7) is 1.81. The number of aromatic nitrogens is 3. The summed E-state index contributed by atoms with van der Waals surface area (Å²) in [7, 11) is 0. The van der Waals surface area contributed by atoms with Crippen molar-refractivity contribution < 1.29 is 0 Å². The van der Waals surface area contributed by atoms with Gasteiger partial charge in [0.15, 0.2) is 0 Å². The first-order valence-electron chi connectivity index (χ1n) is 3.30. The summed E-state index contributed by atoms with van der Waals surface area (Å²) in [5.74, 6) is 0.239. The largest absolute Gasteiger partial charge is 0.383 e. The van der Waals surface area contributed by atoms with Gasteiger partial charge in [-0.2, -0.15) is 9.61 Å². The molecule has 2 N–H and O–H groups in total. The third-order valence-electron chi connectivity index (χ3n) is 1.37. The zero-order chi connectivity index (χ0) is 8.72. The van der Waals surface area contributed by atoms with E-state index < -0.39 is 0 Å². The van der Waals surface area contributed by atoms with E-state index in [1.807, 2.05) is 6.92 Å². The summed E-state index contributed by atoms with van der Waals surface area (Å²) >= 11 is 1.34. The first-order chi connectivity index (χ1) is 5.66. The van der Waals surface area contributed by atoms with E-state index >= 15 is 0 Å². The van der Waals surface area contributed by atoms with Crippen LogP contribution in [0.15, 0.2) is 10.9 Å². The highest BCUT2D eigenvalue weighted by Gasteiger charge is 2.03. The van der Waals surface area contributed by atoms with Gasteiger partial charge in [0.25, 0.3) is 5.56 Å². The molecule has 62 valence electrons. The number of fused-ring (bicyclic) bond motifs is 1. The van der Waals surface area contributed by atoms with Crippen LogP contribution in [0.3, 0.4) is 0 Å². The Morgan fingerprint density at radius 2 is 2.42 bits per heavy atom. The van der Waals surface area contributed by atoms with E-state index in [0.717, 1.165) is 5.01 Å². The van der Waals surface area contributed by atoms with Gasteiger partial charge in [0.1, 0.15) is 10.8 Å². The highest BCUT2D eigenvalue weighted by molar-refractivity contribution is 7.16. The van der Waals surface area contributed by atoms with Crippen molar-refractivity contribution in [2.75, 3.05) is 5.73 Å². The van der Waals surface area contributed by atoms with Crippen LogP contribution in [-0.4, -0.2) is 14.6 Å². The van der Waals surface area contributed by atoms with Crippen molar-refractivity contribution in [3.63, 3.8) is 0 Å². The molecule has 2 aromatic rings. The molecule has 0 aliphatic rings. The monoisotopic (exact) mass is 182 g/mol. The van der Waals surface area contributed by atoms with E-state index in [-0.39, 0.29) is 11.4 Å². The number of nitrogens with two attached hydrogens (primary N) is 1. The third-order valence-corrected chi connectivity index (χ3v) is 2.19. The summed E-state index contributed by atoms with van der Waals surface area (Å²) in [5, 5.41) is 4.75. The Morgan fingerprint density at radius 1 is 1.67 bits per heavy atom. The topological polar surface area (TPSA) is 73.3 Å². The van der Waals surface area contributed by atoms with Gasteiger partial charge in [-0.1, -0.05) is 11.3 Å². The fourth-order valence-electron chi connectivity index (χ4n) is 0.923. The number of aryl methyl sites for hydroxylation is 1. The van der Waals surface area contributed by atoms with E-state index in [2.05, 4.69) is 10.1 Å². The zero-order valence-electron chi connectivity index (χ0n) is 6.31. The molecule has 0 amide bonds. The van der Waals surface area contributed by atoms with Crippen LogP contribution in [0, 0.1) is 6.92 Å². The highest BCUT2D eigenvalue weighted by Crippen LogP contribution is 2.09. The molecule has 0 saturated heterocycles. The van der Waals surface area contributed by atoms with Crippen LogP contribution in [0.5, 0.6) is 0 Å². The molecule has 5 nitrogen and oxygen atoms in total. The van der Waals surface area contributed by atoms with Gasteiger partial charge in [-0.25, -0.2) is 4.98 Å². The summed E-state index contributed by atoms with van der Waals surface area (Å²) in [5.41, 5.74) is 5.15. The minimum atomic E-state index is -0.234. The Morgan fingerprint density at radius 3 is 3.17 bits per heavy atom. The lowest BCUT2D eigenvalue weighted by Crippen LogP contribution is -2.14. The molecule has 0 fully saturated rings. The van der Waals surface area contributed by atoms with Crippen LogP contribution in [0.4, 0.5) is 5.82 Å². The van der Waals surface area contributed by atoms with Gasteiger partial charge in [-0.15, -0.1) is 0 Å². The van der Waals surface area contributed by atoms with E-state index in [0.29, 0.717) is 4.96 Å². The van der Waals surface area contributed by atoms with Crippen molar-refractivity contribution in [1.29, 1.82) is 0 Å². The second-order valence-corrected chi connectivity index (χ2v) is 3.49. The average molecular weight is 182 g/mol. The predicted octanol–water partition coefficient (Wildman–Crippen LogP) is 0.0416. The number of nitrogen functional groups attached to an aromatic ring is 1. The lowest BCUT2D eigenvalue weighted by Gasteiger charge is -1.89. The normalized spacial score (nSPS) is 10.8. The van der Waals surface area contributed by atoms with Crippen LogP contribution < -0.4 is 11.3 Å². The molecule has 0 bridgehead atoms. The standard InChI is InChI=1S/C6H6N4OS/c1-3-9-10-5(11)2-4(7)8-6(10)12-3/h2H,7H2,1H3. The van der Waals surface area contributed by atoms with Gasteiger partial charge >= 0.3 is 0 Å². The quantitative estimate of drug-likeness (QED) is 0.624. The lowest BCUT2D eigenvalue weighted by atomic mass is 10.6. The molecule has 2 aromatic heterocycles. The van der Waals surface area contributed by atoms with Gasteiger partial charge < -0.3 is 5.73 Å². The second-order valence-electron chi connectivity index (χ2n) is 2.33. The minimum Gasteiger partial charge on any atom is -0.383 e. The molecule has 6 heteroatoms. The smallest absolute Gasteiger partial charge is 0.277 e. The molecule has 0 unspecified atom stereocenters. The molecule has 0 aliphatic heterocycles. The summed E-state index contributed by atoms with van der Waals surface area (Å²) in [4.78, 5) is 15.7. The Hall–Kier alpha value is -1.43. The predicted molar refractivity (Wildman–Crippen MR) is 46.3 cm³/mol. The van der Waals surface area contributed by atoms with Gasteiger partial charge in [0.2, 0.25) is 4.96 Å². The van der Waals surface area contributed by atoms with Crippen LogP contribution in [0.25, 0.3) is 4.96 Å². The molecule has 12 heavy (non-hydrogen) atoms. The van der Waals surface area contributed by atoms with Crippen molar-refractivity contribution >= 4 is 22.1 Å². The van der Waals surface area contributed by atoms with Gasteiger partial charge in [0.05, 0.1) is 0 Å². The Balaban J connectivity index is 2.98. The maximum atomic E-state index is 11.2. The summed E-state index contributed by atoms with van der Waals surface area (Å²) in [6, 6.07) is 1.26. The van der Waals surface area contributed by atoms with Crippen LogP contribution in [-0.2, 0) is 0 Å². The van der Waals surface area contributed by atoms with E-state index in [4.69, 9.17) is 5.73 Å². The van der Waals surface area contributed by atoms with Crippen LogP contribution in [0.1, 0.15) is 5.01 Å². The number of hydrogen-bond acceptors (Lipinski definition) is 5. The number of rotatable bonds is 0. The first-order valence-corrected chi connectivity index (χ1v) is 4.11. The van der Waals surface area contributed by atoms with E-state index in [1.165, 1.54) is 21.9 Å². The first kappa shape index (κ1) is 7.23. The molecular weight excluding hydrogens is 176 g/mol. The fourth-order valence-corrected chi connectivity index (χ4v) is 1.68. The molecule has 0 aromatic carbocycles. The lowest BCUT2D eigenvalue weighted by molar-refractivity contribution is 0.883. The van der Waals surface area contributed by atoms with Crippen molar-refractivity contribution in [3.8, 4) is 0 Å². The molecular formula is C6H6N4OS. The van der Waals surface area contributed by atoms with Crippen molar-refractivity contribution in [2.24, 2.45) is 0 Å². The summed E-state index contributed by atoms with van der Waals surface area (Å²) in [6.07, 6.45) is 0. The fraction of sp³-hybridized carbons (Fsp3) is 0.167. The Labute approximate surface area is 71.5 Å².